The summed E-state index contributed by atoms with van der Waals surface area (Å²) in [6.45, 7) is 6.51. The smallest absolute Gasteiger partial charge is 0.220 e. The summed E-state index contributed by atoms with van der Waals surface area (Å²) in [5, 5.41) is 15.6. The lowest BCUT2D eigenvalue weighted by atomic mass is 10.0. The van der Waals surface area contributed by atoms with E-state index < -0.39 is 0 Å². The van der Waals surface area contributed by atoms with Gasteiger partial charge >= 0.3 is 0 Å². The lowest BCUT2D eigenvalue weighted by Crippen LogP contribution is -2.28. The van der Waals surface area contributed by atoms with Crippen molar-refractivity contribution in [3.63, 3.8) is 0 Å². The van der Waals surface area contributed by atoms with Crippen LogP contribution >= 0.6 is 0 Å². The van der Waals surface area contributed by atoms with Crippen molar-refractivity contribution in [1.82, 2.24) is 19.9 Å². The number of terminal acetylenes is 1. The van der Waals surface area contributed by atoms with Gasteiger partial charge in [0.25, 0.3) is 0 Å². The first kappa shape index (κ1) is 18.1. The van der Waals surface area contributed by atoms with Crippen LogP contribution in [0.1, 0.15) is 48.3 Å². The van der Waals surface area contributed by atoms with Crippen molar-refractivity contribution in [2.75, 3.05) is 6.54 Å². The fourth-order valence-electron chi connectivity index (χ4n) is 3.20. The van der Waals surface area contributed by atoms with Crippen molar-refractivity contribution >= 4 is 11.6 Å². The molecular formula is C19H24N6O. The Morgan fingerprint density at radius 1 is 1.31 bits per heavy atom. The second kappa shape index (κ2) is 7.24. The minimum Gasteiger partial charge on any atom is -0.356 e. The SMILES string of the molecule is C#CCCC1(CCNC(=O)CCc2c(C)nc3cc(C)nn3c2C)N=N1. The number of carbonyl (C=O) groups excluding carboxylic acids is 1. The Hall–Kier alpha value is -2.75. The molecule has 1 aliphatic heterocycles. The Morgan fingerprint density at radius 3 is 2.77 bits per heavy atom. The molecule has 2 aromatic heterocycles. The summed E-state index contributed by atoms with van der Waals surface area (Å²) in [5.74, 6) is 2.63. The van der Waals surface area contributed by atoms with E-state index in [0.29, 0.717) is 32.2 Å². The number of aryl methyl sites for hydroxylation is 3. The highest BCUT2D eigenvalue weighted by Crippen LogP contribution is 2.36. The molecule has 0 aromatic carbocycles. The van der Waals surface area contributed by atoms with Crippen LogP contribution < -0.4 is 5.32 Å². The molecule has 0 saturated heterocycles. The molecule has 26 heavy (non-hydrogen) atoms. The highest BCUT2D eigenvalue weighted by molar-refractivity contribution is 5.76. The second-order valence-electron chi connectivity index (χ2n) is 6.80. The van der Waals surface area contributed by atoms with Gasteiger partial charge in [0.15, 0.2) is 11.3 Å². The summed E-state index contributed by atoms with van der Waals surface area (Å²) >= 11 is 0. The predicted molar refractivity (Wildman–Crippen MR) is 98.8 cm³/mol. The summed E-state index contributed by atoms with van der Waals surface area (Å²) in [6, 6.07) is 1.96. The van der Waals surface area contributed by atoms with E-state index in [9.17, 15) is 4.79 Å². The molecule has 1 aliphatic rings. The van der Waals surface area contributed by atoms with E-state index in [2.05, 4.69) is 31.5 Å². The van der Waals surface area contributed by atoms with Gasteiger partial charge in [-0.3, -0.25) is 4.79 Å². The maximum absolute atomic E-state index is 12.2. The minimum atomic E-state index is -0.347. The first-order valence-corrected chi connectivity index (χ1v) is 8.91. The van der Waals surface area contributed by atoms with Gasteiger partial charge in [-0.15, -0.1) is 12.3 Å². The fraction of sp³-hybridized carbons (Fsp3) is 0.526. The Kier molecular flexibility index (Phi) is 5.03. The third kappa shape index (κ3) is 3.90. The number of aromatic nitrogens is 3. The maximum atomic E-state index is 12.2. The molecule has 7 nitrogen and oxygen atoms in total. The normalized spacial score (nSPS) is 14.4. The van der Waals surface area contributed by atoms with E-state index in [-0.39, 0.29) is 11.6 Å². The molecule has 0 atom stereocenters. The lowest BCUT2D eigenvalue weighted by Gasteiger charge is -2.12. The number of nitrogens with zero attached hydrogens (tertiary/aromatic N) is 5. The molecule has 0 bridgehead atoms. The van der Waals surface area contributed by atoms with Crippen LogP contribution in [0.15, 0.2) is 16.3 Å². The molecule has 0 fully saturated rings. The first-order chi connectivity index (χ1) is 12.4. The molecule has 0 spiro atoms. The molecule has 1 N–H and O–H groups in total. The van der Waals surface area contributed by atoms with Crippen molar-refractivity contribution in [1.29, 1.82) is 0 Å². The van der Waals surface area contributed by atoms with Crippen molar-refractivity contribution in [3.8, 4) is 12.3 Å². The largest absolute Gasteiger partial charge is 0.356 e. The monoisotopic (exact) mass is 352 g/mol. The van der Waals surface area contributed by atoms with E-state index in [1.807, 2.05) is 31.4 Å². The molecule has 2 aromatic rings. The number of amides is 1. The summed E-state index contributed by atoms with van der Waals surface area (Å²) in [4.78, 5) is 16.8. The number of hydrogen-bond donors (Lipinski definition) is 1. The molecule has 0 saturated carbocycles. The van der Waals surface area contributed by atoms with Gasteiger partial charge < -0.3 is 5.32 Å². The molecule has 1 amide bonds. The molecule has 3 heterocycles. The standard InChI is InChI=1S/C19H24N6O/c1-5-6-9-19(23-24-19)10-11-20-18(26)8-7-16-14(3)21-17-12-13(2)22-25(17)15(16)4/h1,12H,6-11H2,2-4H3,(H,20,26). The van der Waals surface area contributed by atoms with Crippen LogP contribution in [0.5, 0.6) is 0 Å². The van der Waals surface area contributed by atoms with Gasteiger partial charge in [0, 0.05) is 49.7 Å². The van der Waals surface area contributed by atoms with Crippen molar-refractivity contribution in [3.05, 3.63) is 28.7 Å². The number of hydrogen-bond acceptors (Lipinski definition) is 5. The zero-order chi connectivity index (χ0) is 18.7. The fourth-order valence-corrected chi connectivity index (χ4v) is 3.20. The van der Waals surface area contributed by atoms with Crippen molar-refractivity contribution in [2.24, 2.45) is 10.2 Å². The van der Waals surface area contributed by atoms with E-state index in [1.165, 1.54) is 0 Å². The van der Waals surface area contributed by atoms with Crippen LogP contribution in [0.25, 0.3) is 5.65 Å². The van der Waals surface area contributed by atoms with E-state index in [0.717, 1.165) is 34.7 Å². The van der Waals surface area contributed by atoms with Gasteiger partial charge in [-0.1, -0.05) is 0 Å². The average Bonchev–Trinajstić information content (AvgIpc) is 3.26. The van der Waals surface area contributed by atoms with Crippen molar-refractivity contribution < 1.29 is 4.79 Å². The van der Waals surface area contributed by atoms with Gasteiger partial charge in [-0.05, 0) is 32.8 Å². The summed E-state index contributed by atoms with van der Waals surface area (Å²) in [6.07, 6.45) is 8.46. The Balaban J connectivity index is 1.52. The van der Waals surface area contributed by atoms with E-state index >= 15 is 0 Å². The van der Waals surface area contributed by atoms with Crippen LogP contribution in [-0.2, 0) is 11.2 Å². The third-order valence-corrected chi connectivity index (χ3v) is 4.79. The minimum absolute atomic E-state index is 0.0216. The quantitative estimate of drug-likeness (QED) is 0.741. The van der Waals surface area contributed by atoms with Crippen LogP contribution in [0.3, 0.4) is 0 Å². The van der Waals surface area contributed by atoms with E-state index in [1.54, 1.807) is 0 Å². The molecule has 0 unspecified atom stereocenters. The Bertz CT molecular complexity index is 899. The van der Waals surface area contributed by atoms with Crippen LogP contribution in [0.2, 0.25) is 0 Å². The Morgan fingerprint density at radius 2 is 2.08 bits per heavy atom. The predicted octanol–water partition coefficient (Wildman–Crippen LogP) is 2.67. The average molecular weight is 352 g/mol. The molecule has 0 radical (unpaired) electrons. The van der Waals surface area contributed by atoms with E-state index in [4.69, 9.17) is 6.42 Å². The number of nitrogens with one attached hydrogen (secondary N) is 1. The van der Waals surface area contributed by atoms with Gasteiger partial charge in [0.1, 0.15) is 0 Å². The van der Waals surface area contributed by atoms with Crippen molar-refractivity contribution in [2.45, 2.75) is 58.5 Å². The zero-order valence-corrected chi connectivity index (χ0v) is 15.5. The summed E-state index contributed by atoms with van der Waals surface area (Å²) < 4.78 is 1.85. The maximum Gasteiger partial charge on any atom is 0.220 e. The van der Waals surface area contributed by atoms with Gasteiger partial charge in [-0.2, -0.15) is 15.3 Å². The topological polar surface area (TPSA) is 84.0 Å². The summed E-state index contributed by atoms with van der Waals surface area (Å²) in [5.41, 5.74) is 4.50. The summed E-state index contributed by atoms with van der Waals surface area (Å²) in [7, 11) is 0. The number of fused-ring (bicyclic) bond motifs is 1. The first-order valence-electron chi connectivity index (χ1n) is 8.91. The van der Waals surface area contributed by atoms with Crippen LogP contribution in [0, 0.1) is 33.1 Å². The van der Waals surface area contributed by atoms with Gasteiger partial charge in [-0.25, -0.2) is 9.50 Å². The number of carbonyl (C=O) groups is 1. The molecule has 3 rings (SSSR count). The molecular weight excluding hydrogens is 328 g/mol. The second-order valence-corrected chi connectivity index (χ2v) is 6.80. The highest BCUT2D eigenvalue weighted by Gasteiger charge is 2.38. The Labute approximate surface area is 153 Å². The third-order valence-electron chi connectivity index (χ3n) is 4.79. The van der Waals surface area contributed by atoms with Gasteiger partial charge in [0.2, 0.25) is 5.91 Å². The lowest BCUT2D eigenvalue weighted by molar-refractivity contribution is -0.121. The molecule has 136 valence electrons. The molecule has 0 aliphatic carbocycles. The van der Waals surface area contributed by atoms with Gasteiger partial charge in [0.05, 0.1) is 5.69 Å². The molecule has 7 heteroatoms. The highest BCUT2D eigenvalue weighted by atomic mass is 16.1. The zero-order valence-electron chi connectivity index (χ0n) is 15.5. The number of rotatable bonds is 8. The van der Waals surface area contributed by atoms with Crippen LogP contribution in [0.4, 0.5) is 0 Å². The van der Waals surface area contributed by atoms with Crippen LogP contribution in [-0.4, -0.2) is 32.7 Å².